The number of aromatic amines is 1. The SMILES string of the molecule is O=[N+]([O-])c1cc(/C=N/n2c(Cc3cccs3)n[nH]c2=S)ccc1O. The Bertz CT molecular complexity index is 959. The highest BCUT2D eigenvalue weighted by molar-refractivity contribution is 7.71. The zero-order chi connectivity index (χ0) is 17.1. The van der Waals surface area contributed by atoms with Gasteiger partial charge in [-0.3, -0.25) is 15.2 Å². The number of nitrogens with one attached hydrogen (secondary N) is 1. The number of aromatic nitrogens is 3. The summed E-state index contributed by atoms with van der Waals surface area (Å²) in [6.07, 6.45) is 1.99. The summed E-state index contributed by atoms with van der Waals surface area (Å²) in [4.78, 5) is 11.3. The van der Waals surface area contributed by atoms with Crippen molar-refractivity contribution in [1.29, 1.82) is 0 Å². The van der Waals surface area contributed by atoms with Crippen molar-refractivity contribution in [3.05, 3.63) is 66.9 Å². The Morgan fingerprint density at radius 2 is 2.33 bits per heavy atom. The number of phenols is 1. The van der Waals surface area contributed by atoms with Crippen LogP contribution in [0.3, 0.4) is 0 Å². The molecule has 0 bridgehead atoms. The van der Waals surface area contributed by atoms with Gasteiger partial charge in [0.15, 0.2) is 11.6 Å². The lowest BCUT2D eigenvalue weighted by atomic mass is 10.2. The first-order valence-electron chi connectivity index (χ1n) is 6.75. The van der Waals surface area contributed by atoms with Gasteiger partial charge in [0.1, 0.15) is 0 Å². The molecule has 10 heteroatoms. The van der Waals surface area contributed by atoms with Gasteiger partial charge in [-0.15, -0.1) is 11.3 Å². The Hall–Kier alpha value is -2.85. The molecular weight excluding hydrogens is 350 g/mol. The van der Waals surface area contributed by atoms with Crippen LogP contribution in [0, 0.1) is 14.9 Å². The van der Waals surface area contributed by atoms with Gasteiger partial charge in [-0.25, -0.2) is 0 Å². The predicted molar refractivity (Wildman–Crippen MR) is 92.3 cm³/mol. The Labute approximate surface area is 144 Å². The van der Waals surface area contributed by atoms with E-state index in [1.807, 2.05) is 17.5 Å². The van der Waals surface area contributed by atoms with Crippen molar-refractivity contribution in [1.82, 2.24) is 14.9 Å². The Kier molecular flexibility index (Phi) is 4.49. The number of nitrogens with zero attached hydrogens (tertiary/aromatic N) is 4. The highest BCUT2D eigenvalue weighted by Gasteiger charge is 2.13. The van der Waals surface area contributed by atoms with E-state index in [9.17, 15) is 15.2 Å². The highest BCUT2D eigenvalue weighted by atomic mass is 32.1. The molecule has 0 aliphatic carbocycles. The highest BCUT2D eigenvalue weighted by Crippen LogP contribution is 2.25. The fourth-order valence-corrected chi connectivity index (χ4v) is 2.92. The third kappa shape index (κ3) is 3.39. The molecule has 2 N–H and O–H groups in total. The second-order valence-corrected chi connectivity index (χ2v) is 6.18. The summed E-state index contributed by atoms with van der Waals surface area (Å²) in [5.41, 5.74) is 0.0817. The maximum Gasteiger partial charge on any atom is 0.311 e. The number of thiophene rings is 1. The minimum Gasteiger partial charge on any atom is -0.502 e. The number of hydrogen-bond acceptors (Lipinski definition) is 7. The van der Waals surface area contributed by atoms with E-state index < -0.39 is 10.7 Å². The van der Waals surface area contributed by atoms with Crippen molar-refractivity contribution < 1.29 is 10.0 Å². The molecule has 0 saturated carbocycles. The summed E-state index contributed by atoms with van der Waals surface area (Å²) in [5.74, 6) is 0.238. The van der Waals surface area contributed by atoms with Crippen molar-refractivity contribution in [3.63, 3.8) is 0 Å². The topological polar surface area (TPSA) is 109 Å². The number of phenolic OH excluding ortho intramolecular Hbond substituents is 1. The number of hydrogen-bond donors (Lipinski definition) is 2. The first kappa shape index (κ1) is 16.0. The van der Waals surface area contributed by atoms with Crippen LogP contribution in [0.2, 0.25) is 0 Å². The van der Waals surface area contributed by atoms with Gasteiger partial charge in [0.2, 0.25) is 4.77 Å². The first-order valence-corrected chi connectivity index (χ1v) is 8.04. The van der Waals surface area contributed by atoms with Crippen molar-refractivity contribution in [2.45, 2.75) is 6.42 Å². The molecule has 3 rings (SSSR count). The number of aromatic hydroxyl groups is 1. The van der Waals surface area contributed by atoms with Crippen LogP contribution in [0.25, 0.3) is 0 Å². The van der Waals surface area contributed by atoms with E-state index in [2.05, 4.69) is 15.3 Å². The van der Waals surface area contributed by atoms with Gasteiger partial charge in [0.05, 0.1) is 11.1 Å². The molecule has 24 heavy (non-hydrogen) atoms. The number of benzene rings is 1. The molecule has 1 aromatic carbocycles. The van der Waals surface area contributed by atoms with E-state index in [4.69, 9.17) is 12.2 Å². The Balaban J connectivity index is 1.90. The number of nitro groups is 1. The molecule has 0 saturated heterocycles. The quantitative estimate of drug-likeness (QED) is 0.314. The number of nitro benzene ring substituents is 1. The van der Waals surface area contributed by atoms with E-state index in [0.29, 0.717) is 22.6 Å². The van der Waals surface area contributed by atoms with Gasteiger partial charge >= 0.3 is 5.69 Å². The van der Waals surface area contributed by atoms with E-state index in [0.717, 1.165) is 4.88 Å². The first-order chi connectivity index (χ1) is 11.5. The van der Waals surface area contributed by atoms with Gasteiger partial charge in [0, 0.05) is 22.9 Å². The second-order valence-electron chi connectivity index (χ2n) is 4.76. The molecule has 0 fully saturated rings. The molecular formula is C14H11N5O3S2. The summed E-state index contributed by atoms with van der Waals surface area (Å²) >= 11 is 6.76. The molecule has 8 nitrogen and oxygen atoms in total. The maximum atomic E-state index is 10.9. The van der Waals surface area contributed by atoms with Gasteiger partial charge in [0.25, 0.3) is 0 Å². The van der Waals surface area contributed by atoms with Crippen molar-refractivity contribution in [3.8, 4) is 5.75 Å². The van der Waals surface area contributed by atoms with Gasteiger partial charge in [-0.05, 0) is 35.8 Å². The van der Waals surface area contributed by atoms with Gasteiger partial charge in [-0.2, -0.15) is 14.9 Å². The molecule has 0 radical (unpaired) electrons. The average Bonchev–Trinajstić information content (AvgIpc) is 3.17. The molecule has 0 aliphatic heterocycles. The van der Waals surface area contributed by atoms with Crippen LogP contribution in [0.4, 0.5) is 5.69 Å². The third-order valence-electron chi connectivity index (χ3n) is 3.15. The summed E-state index contributed by atoms with van der Waals surface area (Å²) in [7, 11) is 0. The molecule has 0 amide bonds. The van der Waals surface area contributed by atoms with Gasteiger partial charge in [-0.1, -0.05) is 6.07 Å². The van der Waals surface area contributed by atoms with Gasteiger partial charge < -0.3 is 5.11 Å². The van der Waals surface area contributed by atoms with E-state index in [1.54, 1.807) is 11.3 Å². The van der Waals surface area contributed by atoms with E-state index >= 15 is 0 Å². The minimum absolute atomic E-state index is 0.325. The lowest BCUT2D eigenvalue weighted by Crippen LogP contribution is -1.99. The van der Waals surface area contributed by atoms with Crippen molar-refractivity contribution >= 4 is 35.5 Å². The summed E-state index contributed by atoms with van der Waals surface area (Å²) in [5, 5.41) is 33.4. The monoisotopic (exact) mass is 361 g/mol. The smallest absolute Gasteiger partial charge is 0.311 e. The number of H-pyrrole nitrogens is 1. The lowest BCUT2D eigenvalue weighted by molar-refractivity contribution is -0.385. The average molecular weight is 361 g/mol. The molecule has 3 aromatic rings. The van der Waals surface area contributed by atoms with Crippen molar-refractivity contribution in [2.75, 3.05) is 0 Å². The number of rotatable bonds is 5. The third-order valence-corrected chi connectivity index (χ3v) is 4.29. The van der Waals surface area contributed by atoms with Crippen LogP contribution in [-0.4, -0.2) is 31.1 Å². The van der Waals surface area contributed by atoms with Crippen LogP contribution in [0.15, 0.2) is 40.8 Å². The van der Waals surface area contributed by atoms with Crippen LogP contribution in [0.1, 0.15) is 16.3 Å². The van der Waals surface area contributed by atoms with Crippen LogP contribution in [-0.2, 0) is 6.42 Å². The molecule has 122 valence electrons. The maximum absolute atomic E-state index is 10.9. The molecule has 2 aromatic heterocycles. The molecule has 0 atom stereocenters. The molecule has 0 aliphatic rings. The lowest BCUT2D eigenvalue weighted by Gasteiger charge is -2.00. The standard InChI is InChI=1S/C14H11N5O3S2/c20-12-4-3-9(6-11(12)19(21)22)8-15-18-13(16-17-14(18)23)7-10-2-1-5-24-10/h1-6,8,20H,7H2,(H,17,23)/b15-8+. The Morgan fingerprint density at radius 1 is 1.50 bits per heavy atom. The fraction of sp³-hybridized carbons (Fsp3) is 0.0714. The summed E-state index contributed by atoms with van der Waals surface area (Å²) < 4.78 is 1.79. The normalized spacial score (nSPS) is 11.2. The molecule has 0 spiro atoms. The summed E-state index contributed by atoms with van der Waals surface area (Å²) in [6.45, 7) is 0. The fourth-order valence-electron chi connectivity index (χ4n) is 2.02. The molecule has 0 unspecified atom stereocenters. The summed E-state index contributed by atoms with van der Waals surface area (Å²) in [6, 6.07) is 7.95. The Morgan fingerprint density at radius 3 is 3.04 bits per heavy atom. The van der Waals surface area contributed by atoms with Crippen LogP contribution < -0.4 is 0 Å². The van der Waals surface area contributed by atoms with E-state index in [-0.39, 0.29) is 5.69 Å². The second kappa shape index (κ2) is 6.72. The zero-order valence-electron chi connectivity index (χ0n) is 12.1. The van der Waals surface area contributed by atoms with Crippen molar-refractivity contribution in [2.24, 2.45) is 5.10 Å². The molecule has 2 heterocycles. The minimum atomic E-state index is -0.654. The van der Waals surface area contributed by atoms with Crippen LogP contribution >= 0.6 is 23.6 Å². The zero-order valence-corrected chi connectivity index (χ0v) is 13.8. The predicted octanol–water partition coefficient (Wildman–Crippen LogP) is 3.09. The van der Waals surface area contributed by atoms with Crippen LogP contribution in [0.5, 0.6) is 5.75 Å². The van der Waals surface area contributed by atoms with E-state index in [1.165, 1.54) is 29.1 Å². The largest absolute Gasteiger partial charge is 0.502 e.